The van der Waals surface area contributed by atoms with Gasteiger partial charge >= 0.3 is 0 Å². The summed E-state index contributed by atoms with van der Waals surface area (Å²) < 4.78 is 0. The Labute approximate surface area is 114 Å². The van der Waals surface area contributed by atoms with Crippen LogP contribution >= 0.6 is 11.3 Å². The highest BCUT2D eigenvalue weighted by atomic mass is 32.1. The Morgan fingerprint density at radius 3 is 2.72 bits per heavy atom. The molecular formula is C14H24N2OS. The number of rotatable bonds is 8. The van der Waals surface area contributed by atoms with E-state index in [0.29, 0.717) is 18.4 Å². The summed E-state index contributed by atoms with van der Waals surface area (Å²) in [6.07, 6.45) is 1.54. The van der Waals surface area contributed by atoms with E-state index < -0.39 is 0 Å². The molecule has 0 aromatic carbocycles. The van der Waals surface area contributed by atoms with Crippen molar-refractivity contribution in [3.05, 3.63) is 22.4 Å². The summed E-state index contributed by atoms with van der Waals surface area (Å²) in [4.78, 5) is 12.8. The van der Waals surface area contributed by atoms with Gasteiger partial charge in [0.15, 0.2) is 0 Å². The van der Waals surface area contributed by atoms with Gasteiger partial charge in [0.25, 0.3) is 0 Å². The van der Waals surface area contributed by atoms with Gasteiger partial charge in [-0.1, -0.05) is 26.8 Å². The number of thiophene rings is 1. The quantitative estimate of drug-likeness (QED) is 0.761. The Hall–Kier alpha value is -0.870. The monoisotopic (exact) mass is 268 g/mol. The van der Waals surface area contributed by atoms with Crippen LogP contribution in [0.15, 0.2) is 17.5 Å². The minimum atomic E-state index is 0.137. The maximum Gasteiger partial charge on any atom is 0.221 e. The number of amides is 1. The van der Waals surface area contributed by atoms with Crippen molar-refractivity contribution in [3.63, 3.8) is 0 Å². The number of hydrogen-bond acceptors (Lipinski definition) is 3. The van der Waals surface area contributed by atoms with E-state index in [1.165, 1.54) is 4.88 Å². The van der Waals surface area contributed by atoms with Crippen molar-refractivity contribution in [2.45, 2.75) is 39.7 Å². The molecule has 0 radical (unpaired) electrons. The summed E-state index contributed by atoms with van der Waals surface area (Å²) in [5.41, 5.74) is 0. The zero-order valence-electron chi connectivity index (χ0n) is 11.5. The van der Waals surface area contributed by atoms with Crippen molar-refractivity contribution in [2.75, 3.05) is 13.1 Å². The average molecular weight is 268 g/mol. The minimum absolute atomic E-state index is 0.137. The van der Waals surface area contributed by atoms with Crippen LogP contribution in [-0.4, -0.2) is 19.0 Å². The Morgan fingerprint density at radius 1 is 1.39 bits per heavy atom. The van der Waals surface area contributed by atoms with Crippen LogP contribution in [-0.2, 0) is 4.79 Å². The van der Waals surface area contributed by atoms with E-state index in [9.17, 15) is 4.79 Å². The Morgan fingerprint density at radius 2 is 2.17 bits per heavy atom. The number of hydrogen-bond donors (Lipinski definition) is 2. The predicted octanol–water partition coefficient (Wildman–Crippen LogP) is 2.95. The maximum absolute atomic E-state index is 11.5. The van der Waals surface area contributed by atoms with Crippen molar-refractivity contribution in [1.82, 2.24) is 10.6 Å². The smallest absolute Gasteiger partial charge is 0.221 e. The molecule has 1 unspecified atom stereocenters. The van der Waals surface area contributed by atoms with Crippen molar-refractivity contribution in [2.24, 2.45) is 5.92 Å². The Bertz CT molecular complexity index is 336. The zero-order chi connectivity index (χ0) is 13.4. The summed E-state index contributed by atoms with van der Waals surface area (Å²) in [6.45, 7) is 7.97. The van der Waals surface area contributed by atoms with Gasteiger partial charge in [0.2, 0.25) is 5.91 Å². The first-order chi connectivity index (χ1) is 8.65. The van der Waals surface area contributed by atoms with Crippen LogP contribution in [0.3, 0.4) is 0 Å². The predicted molar refractivity (Wildman–Crippen MR) is 77.8 cm³/mol. The molecule has 1 heterocycles. The first-order valence-electron chi connectivity index (χ1n) is 6.68. The first-order valence-corrected chi connectivity index (χ1v) is 7.56. The minimum Gasteiger partial charge on any atom is -0.356 e. The summed E-state index contributed by atoms with van der Waals surface area (Å²) in [7, 11) is 0. The molecule has 1 aromatic heterocycles. The topological polar surface area (TPSA) is 41.1 Å². The summed E-state index contributed by atoms with van der Waals surface area (Å²) >= 11 is 1.77. The Kier molecular flexibility index (Phi) is 6.98. The van der Waals surface area contributed by atoms with Gasteiger partial charge in [-0.05, 0) is 23.8 Å². The lowest BCUT2D eigenvalue weighted by atomic mass is 10.0. The second-order valence-corrected chi connectivity index (χ2v) is 5.77. The normalized spacial score (nSPS) is 12.7. The van der Waals surface area contributed by atoms with Gasteiger partial charge in [0.05, 0.1) is 0 Å². The molecule has 3 nitrogen and oxygen atoms in total. The van der Waals surface area contributed by atoms with E-state index in [0.717, 1.165) is 19.5 Å². The van der Waals surface area contributed by atoms with Gasteiger partial charge in [-0.2, -0.15) is 0 Å². The lowest BCUT2D eigenvalue weighted by Crippen LogP contribution is -2.31. The second kappa shape index (κ2) is 8.27. The van der Waals surface area contributed by atoms with Crippen LogP contribution in [0.4, 0.5) is 0 Å². The van der Waals surface area contributed by atoms with Gasteiger partial charge in [-0.3, -0.25) is 4.79 Å². The van der Waals surface area contributed by atoms with Crippen LogP contribution in [0.2, 0.25) is 0 Å². The highest BCUT2D eigenvalue weighted by Gasteiger charge is 2.16. The highest BCUT2D eigenvalue weighted by Crippen LogP contribution is 2.25. The maximum atomic E-state index is 11.5. The molecule has 18 heavy (non-hydrogen) atoms. The summed E-state index contributed by atoms with van der Waals surface area (Å²) in [5.74, 6) is 0.667. The van der Waals surface area contributed by atoms with Crippen molar-refractivity contribution in [1.29, 1.82) is 0 Å². The lowest BCUT2D eigenvalue weighted by Gasteiger charge is -2.21. The van der Waals surface area contributed by atoms with Crippen molar-refractivity contribution < 1.29 is 4.79 Å². The molecule has 1 rings (SSSR count). The molecule has 0 fully saturated rings. The third-order valence-corrected chi connectivity index (χ3v) is 3.76. The van der Waals surface area contributed by atoms with E-state index in [-0.39, 0.29) is 5.91 Å². The third-order valence-electron chi connectivity index (χ3n) is 2.80. The summed E-state index contributed by atoms with van der Waals surface area (Å²) in [5, 5.41) is 8.47. The molecule has 0 aliphatic heterocycles. The number of carbonyl (C=O) groups excluding carboxylic acids is 1. The van der Waals surface area contributed by atoms with Gasteiger partial charge in [-0.25, -0.2) is 0 Å². The fourth-order valence-electron chi connectivity index (χ4n) is 1.83. The van der Waals surface area contributed by atoms with Gasteiger partial charge in [0.1, 0.15) is 0 Å². The van der Waals surface area contributed by atoms with Crippen LogP contribution in [0.1, 0.15) is 44.5 Å². The van der Waals surface area contributed by atoms with E-state index in [2.05, 4.69) is 48.9 Å². The Balaban J connectivity index is 2.33. The van der Waals surface area contributed by atoms with E-state index in [4.69, 9.17) is 0 Å². The molecule has 1 amide bonds. The molecule has 0 spiro atoms. The molecule has 1 aromatic rings. The first kappa shape index (κ1) is 15.2. The van der Waals surface area contributed by atoms with Crippen LogP contribution in [0, 0.1) is 5.92 Å². The van der Waals surface area contributed by atoms with Crippen LogP contribution in [0.25, 0.3) is 0 Å². The van der Waals surface area contributed by atoms with E-state index in [1.807, 2.05) is 0 Å². The van der Waals surface area contributed by atoms with Crippen LogP contribution in [0.5, 0.6) is 0 Å². The highest BCUT2D eigenvalue weighted by molar-refractivity contribution is 7.10. The fraction of sp³-hybridized carbons (Fsp3) is 0.643. The van der Waals surface area contributed by atoms with Crippen molar-refractivity contribution in [3.8, 4) is 0 Å². The van der Waals surface area contributed by atoms with Crippen LogP contribution < -0.4 is 10.6 Å². The zero-order valence-corrected chi connectivity index (χ0v) is 12.3. The van der Waals surface area contributed by atoms with Gasteiger partial charge in [-0.15, -0.1) is 11.3 Å². The van der Waals surface area contributed by atoms with E-state index in [1.54, 1.807) is 11.3 Å². The SMILES string of the molecule is CCCNC(=O)CCNC(c1cccs1)C(C)C. The average Bonchev–Trinajstić information content (AvgIpc) is 2.85. The molecule has 0 aliphatic rings. The molecular weight excluding hydrogens is 244 g/mol. The van der Waals surface area contributed by atoms with Crippen molar-refractivity contribution >= 4 is 17.2 Å². The molecule has 0 aliphatic carbocycles. The third kappa shape index (κ3) is 5.19. The second-order valence-electron chi connectivity index (χ2n) is 4.79. The van der Waals surface area contributed by atoms with E-state index >= 15 is 0 Å². The molecule has 0 saturated carbocycles. The standard InChI is InChI=1S/C14H24N2OS/c1-4-8-15-13(17)7-9-16-14(11(2)3)12-6-5-10-18-12/h5-6,10-11,14,16H,4,7-9H2,1-3H3,(H,15,17). The molecule has 1 atom stereocenters. The fourth-order valence-corrected chi connectivity index (χ4v) is 2.80. The number of nitrogens with one attached hydrogen (secondary N) is 2. The molecule has 4 heteroatoms. The van der Waals surface area contributed by atoms with Gasteiger partial charge < -0.3 is 10.6 Å². The lowest BCUT2D eigenvalue weighted by molar-refractivity contribution is -0.121. The molecule has 2 N–H and O–H groups in total. The molecule has 0 saturated heterocycles. The molecule has 0 bridgehead atoms. The molecule has 102 valence electrons. The largest absolute Gasteiger partial charge is 0.356 e. The summed E-state index contributed by atoms with van der Waals surface area (Å²) in [6, 6.07) is 4.58. The number of carbonyl (C=O) groups is 1. The van der Waals surface area contributed by atoms with Gasteiger partial charge in [0, 0.05) is 30.4 Å².